The lowest BCUT2D eigenvalue weighted by Gasteiger charge is -2.21. The molecule has 2 aliphatic carbocycles. The minimum atomic E-state index is -0.0541. The summed E-state index contributed by atoms with van der Waals surface area (Å²) in [5.74, 6) is 1.81. The highest BCUT2D eigenvalue weighted by Gasteiger charge is 2.36. The van der Waals surface area contributed by atoms with Crippen LogP contribution in [0.25, 0.3) is 133 Å². The Labute approximate surface area is 426 Å². The molecule has 0 fully saturated rings. The van der Waals surface area contributed by atoms with E-state index in [9.17, 15) is 0 Å². The van der Waals surface area contributed by atoms with Crippen molar-refractivity contribution in [2.75, 3.05) is 0 Å². The highest BCUT2D eigenvalue weighted by molar-refractivity contribution is 6.25. The fraction of sp³-hybridized carbons (Fsp3) is 0.0735. The van der Waals surface area contributed by atoms with Crippen LogP contribution in [0.3, 0.4) is 0 Å². The van der Waals surface area contributed by atoms with E-state index in [2.05, 4.69) is 246 Å². The van der Waals surface area contributed by atoms with Crippen LogP contribution in [0.5, 0.6) is 0 Å². The smallest absolute Gasteiger partial charge is 0.238 e. The molecule has 4 heterocycles. The van der Waals surface area contributed by atoms with Gasteiger partial charge in [-0.05, 0) is 117 Å². The molecule has 0 bridgehead atoms. The predicted molar refractivity (Wildman–Crippen MR) is 306 cm³/mol. The second-order valence-corrected chi connectivity index (χ2v) is 20.7. The molecule has 2 aliphatic rings. The zero-order valence-corrected chi connectivity index (χ0v) is 40.9. The zero-order chi connectivity index (χ0) is 48.8. The van der Waals surface area contributed by atoms with E-state index in [1.807, 2.05) is 0 Å². The molecule has 0 radical (unpaired) electrons. The van der Waals surface area contributed by atoms with Crippen molar-refractivity contribution >= 4 is 82.1 Å². The first-order valence-electron chi connectivity index (χ1n) is 25.7. The van der Waals surface area contributed by atoms with Crippen LogP contribution in [0, 0.1) is 0 Å². The first-order valence-corrected chi connectivity index (χ1v) is 25.7. The van der Waals surface area contributed by atoms with Gasteiger partial charge in [-0.2, -0.15) is 9.97 Å². The molecule has 14 aromatic rings. The van der Waals surface area contributed by atoms with Crippen LogP contribution < -0.4 is 0 Å². The molecule has 0 saturated carbocycles. The van der Waals surface area contributed by atoms with E-state index in [1.54, 1.807) is 0 Å². The van der Waals surface area contributed by atoms with Gasteiger partial charge in [-0.25, -0.2) is 4.98 Å². The summed E-state index contributed by atoms with van der Waals surface area (Å²) in [6.07, 6.45) is 6.73. The van der Waals surface area contributed by atoms with Gasteiger partial charge in [0.1, 0.15) is 0 Å². The normalized spacial score (nSPS) is 13.8. The lowest BCUT2D eigenvalue weighted by atomic mass is 9.82. The highest BCUT2D eigenvalue weighted by atomic mass is 15.2. The number of para-hydroxylation sites is 2. The van der Waals surface area contributed by atoms with E-state index >= 15 is 0 Å². The SMILES string of the molecule is CC1(C)c2ccccc2-c2cc(-n3c4c(c5c6c7ccccc7n(-c7cccc8c7c7ccccc7n8-c7nc(-c8ccc9ccccc9c8)nc(-c8ccc9ccccc9c8)n7)c6ccc53)C=CCC4)ccc21. The third-order valence-corrected chi connectivity index (χ3v) is 16.3. The van der Waals surface area contributed by atoms with E-state index in [1.165, 1.54) is 77.2 Å². The molecule has 74 heavy (non-hydrogen) atoms. The van der Waals surface area contributed by atoms with Gasteiger partial charge in [0.25, 0.3) is 0 Å². The van der Waals surface area contributed by atoms with Gasteiger partial charge in [-0.1, -0.05) is 172 Å². The summed E-state index contributed by atoms with van der Waals surface area (Å²) in [6, 6.07) is 75.1. The molecule has 16 rings (SSSR count). The first-order chi connectivity index (χ1) is 36.5. The number of hydrogen-bond acceptors (Lipinski definition) is 3. The number of hydrogen-bond donors (Lipinski definition) is 0. The van der Waals surface area contributed by atoms with Crippen molar-refractivity contribution in [3.8, 4) is 51.2 Å². The summed E-state index contributed by atoms with van der Waals surface area (Å²) in [7, 11) is 0. The van der Waals surface area contributed by atoms with Crippen molar-refractivity contribution in [1.29, 1.82) is 0 Å². The topological polar surface area (TPSA) is 53.5 Å². The standard InChI is InChI=1S/C68H46N6/c1-68(2)53-24-11-7-20-48(53)52-40-47(34-35-54(52)68)72-55-25-12-9-22-50(55)63-60(72)36-37-61-64(63)51-23-10-13-26-56(51)73(61)58-28-15-29-59-62(58)49-21-8-14-27-57(49)74(59)67-70-65(45-32-30-41-16-3-5-18-43(41)38-45)69-66(71-67)46-33-31-42-17-4-6-19-44(42)39-46/h3-11,13-24,26-40H,12,25H2,1-2H3. The molecule has 10 aromatic carbocycles. The molecule has 0 unspecified atom stereocenters. The van der Waals surface area contributed by atoms with Crippen LogP contribution in [0.2, 0.25) is 0 Å². The molecular formula is C68H46N6. The largest absolute Gasteiger partial charge is 0.313 e. The summed E-state index contributed by atoms with van der Waals surface area (Å²) < 4.78 is 7.31. The third-order valence-electron chi connectivity index (χ3n) is 16.3. The van der Waals surface area contributed by atoms with E-state index in [-0.39, 0.29) is 5.41 Å². The molecule has 6 nitrogen and oxygen atoms in total. The predicted octanol–water partition coefficient (Wildman–Crippen LogP) is 16.9. The van der Waals surface area contributed by atoms with Gasteiger partial charge in [0.15, 0.2) is 11.6 Å². The first kappa shape index (κ1) is 41.2. The molecular weight excluding hydrogens is 901 g/mol. The van der Waals surface area contributed by atoms with E-state index in [4.69, 9.17) is 15.0 Å². The monoisotopic (exact) mass is 946 g/mol. The molecule has 4 aromatic heterocycles. The van der Waals surface area contributed by atoms with E-state index in [0.29, 0.717) is 17.6 Å². The number of nitrogens with zero attached hydrogens (tertiary/aromatic N) is 6. The number of aromatic nitrogens is 6. The molecule has 0 saturated heterocycles. The maximum Gasteiger partial charge on any atom is 0.238 e. The summed E-state index contributed by atoms with van der Waals surface area (Å²) in [5.41, 5.74) is 17.9. The summed E-state index contributed by atoms with van der Waals surface area (Å²) in [6.45, 7) is 4.72. The number of allylic oxidation sites excluding steroid dienone is 1. The fourth-order valence-electron chi connectivity index (χ4n) is 12.9. The number of fused-ring (bicyclic) bond motifs is 15. The van der Waals surface area contributed by atoms with Gasteiger partial charge in [-0.15, -0.1) is 0 Å². The Kier molecular flexibility index (Phi) is 8.54. The Morgan fingerprint density at radius 1 is 0.419 bits per heavy atom. The molecule has 348 valence electrons. The van der Waals surface area contributed by atoms with E-state index in [0.717, 1.165) is 67.8 Å². The average Bonchev–Trinajstić information content (AvgIpc) is 4.19. The Balaban J connectivity index is 0.938. The van der Waals surface area contributed by atoms with Crippen LogP contribution in [0.15, 0.2) is 212 Å². The summed E-state index contributed by atoms with van der Waals surface area (Å²) >= 11 is 0. The second kappa shape index (κ2) is 15.3. The van der Waals surface area contributed by atoms with Crippen molar-refractivity contribution in [2.45, 2.75) is 32.1 Å². The number of benzene rings is 10. The number of rotatable bonds is 5. The van der Waals surface area contributed by atoms with Crippen molar-refractivity contribution in [2.24, 2.45) is 0 Å². The van der Waals surface area contributed by atoms with Crippen molar-refractivity contribution in [3.05, 3.63) is 235 Å². The van der Waals surface area contributed by atoms with Gasteiger partial charge in [0, 0.05) is 60.4 Å². The Bertz CT molecular complexity index is 4670. The van der Waals surface area contributed by atoms with E-state index < -0.39 is 0 Å². The van der Waals surface area contributed by atoms with Gasteiger partial charge in [-0.3, -0.25) is 4.57 Å². The molecule has 0 N–H and O–H groups in total. The van der Waals surface area contributed by atoms with Crippen LogP contribution >= 0.6 is 0 Å². The maximum atomic E-state index is 5.40. The minimum absolute atomic E-state index is 0.0541. The molecule has 0 atom stereocenters. The summed E-state index contributed by atoms with van der Waals surface area (Å²) in [5, 5.41) is 10.7. The molecule has 0 amide bonds. The average molecular weight is 947 g/mol. The maximum absolute atomic E-state index is 5.40. The third kappa shape index (κ3) is 5.79. The van der Waals surface area contributed by atoms with Gasteiger partial charge < -0.3 is 9.13 Å². The Morgan fingerprint density at radius 3 is 1.73 bits per heavy atom. The summed E-state index contributed by atoms with van der Waals surface area (Å²) in [4.78, 5) is 16.0. The highest BCUT2D eigenvalue weighted by Crippen LogP contribution is 2.50. The van der Waals surface area contributed by atoms with Crippen LogP contribution in [-0.4, -0.2) is 28.7 Å². The fourth-order valence-corrected chi connectivity index (χ4v) is 12.9. The van der Waals surface area contributed by atoms with Gasteiger partial charge in [0.2, 0.25) is 5.95 Å². The van der Waals surface area contributed by atoms with Crippen molar-refractivity contribution in [3.63, 3.8) is 0 Å². The Morgan fingerprint density at radius 2 is 1.00 bits per heavy atom. The van der Waals surface area contributed by atoms with Crippen LogP contribution in [0.1, 0.15) is 42.7 Å². The zero-order valence-electron chi connectivity index (χ0n) is 40.9. The van der Waals surface area contributed by atoms with Crippen molar-refractivity contribution < 1.29 is 0 Å². The van der Waals surface area contributed by atoms with Gasteiger partial charge in [0.05, 0.1) is 33.3 Å². The van der Waals surface area contributed by atoms with Crippen LogP contribution in [-0.2, 0) is 11.8 Å². The lowest BCUT2D eigenvalue weighted by molar-refractivity contribution is 0.660. The molecule has 6 heteroatoms. The molecule has 0 aliphatic heterocycles. The second-order valence-electron chi connectivity index (χ2n) is 20.7. The van der Waals surface area contributed by atoms with Crippen LogP contribution in [0.4, 0.5) is 0 Å². The lowest BCUT2D eigenvalue weighted by Crippen LogP contribution is -2.14. The minimum Gasteiger partial charge on any atom is -0.313 e. The molecule has 0 spiro atoms. The Hall–Kier alpha value is -9.39. The quantitative estimate of drug-likeness (QED) is 0.173. The van der Waals surface area contributed by atoms with Crippen molar-refractivity contribution in [1.82, 2.24) is 28.7 Å². The van der Waals surface area contributed by atoms with Gasteiger partial charge >= 0.3 is 0 Å².